The average molecular weight is 160 g/mol. The molecule has 3 heteroatoms. The normalized spacial score (nSPS) is 16.3. The second-order valence-corrected chi connectivity index (χ2v) is 2.67. The molecule has 2 rings (SSSR count). The topological polar surface area (TPSA) is 42.9 Å². The lowest BCUT2D eigenvalue weighted by molar-refractivity contribution is -0.113. The highest BCUT2D eigenvalue weighted by molar-refractivity contribution is 6.21. The van der Waals surface area contributed by atoms with Crippen LogP contribution >= 0.6 is 0 Å². The number of hydrogen-bond acceptors (Lipinski definition) is 3. The molecule has 0 spiro atoms. The van der Waals surface area contributed by atoms with Gasteiger partial charge in [-0.15, -0.1) is 0 Å². The van der Waals surface area contributed by atoms with Crippen LogP contribution in [0.15, 0.2) is 24.7 Å². The fourth-order valence-electron chi connectivity index (χ4n) is 1.28. The molecular weight excluding hydrogens is 152 g/mol. The Balaban J connectivity index is 2.38. The van der Waals surface area contributed by atoms with E-state index in [0.717, 1.165) is 12.0 Å². The van der Waals surface area contributed by atoms with Gasteiger partial charge in [-0.3, -0.25) is 14.8 Å². The molecule has 0 radical (unpaired) electrons. The van der Waals surface area contributed by atoms with E-state index in [1.54, 1.807) is 18.6 Å². The molecule has 0 amide bonds. The van der Waals surface area contributed by atoms with Gasteiger partial charge in [-0.05, 0) is 6.42 Å². The number of rotatable bonds is 1. The Labute approximate surface area is 70.2 Å². The zero-order chi connectivity index (χ0) is 8.39. The minimum absolute atomic E-state index is 0.176. The molecule has 60 valence electrons. The standard InChI is InChI=1S/C9H8N2O/c12-9-3-1-2-7(9)8-6-10-4-5-11-8/h2,4-6H,1,3H2. The Bertz CT molecular complexity index is 330. The van der Waals surface area contributed by atoms with Crippen LogP contribution in [-0.2, 0) is 4.79 Å². The predicted molar refractivity (Wildman–Crippen MR) is 44.3 cm³/mol. The molecule has 3 nitrogen and oxygen atoms in total. The number of Topliss-reactive ketones (excluding diaryl/α,β-unsaturated/α-hetero) is 1. The SMILES string of the molecule is O=C1CCC=C1c1cnccn1. The molecule has 1 aromatic heterocycles. The summed E-state index contributed by atoms with van der Waals surface area (Å²) in [5.41, 5.74) is 1.42. The van der Waals surface area contributed by atoms with E-state index in [2.05, 4.69) is 9.97 Å². The van der Waals surface area contributed by atoms with Gasteiger partial charge in [0.2, 0.25) is 0 Å². The monoisotopic (exact) mass is 160 g/mol. The molecule has 0 aromatic carbocycles. The van der Waals surface area contributed by atoms with E-state index < -0.39 is 0 Å². The van der Waals surface area contributed by atoms with E-state index in [0.29, 0.717) is 12.1 Å². The number of nitrogens with zero attached hydrogens (tertiary/aromatic N) is 2. The molecule has 0 bridgehead atoms. The van der Waals surface area contributed by atoms with Crippen molar-refractivity contribution in [1.29, 1.82) is 0 Å². The third kappa shape index (κ3) is 1.13. The Morgan fingerprint density at radius 2 is 2.25 bits per heavy atom. The van der Waals surface area contributed by atoms with Crippen molar-refractivity contribution in [2.24, 2.45) is 0 Å². The zero-order valence-corrected chi connectivity index (χ0v) is 6.53. The minimum atomic E-state index is 0.176. The van der Waals surface area contributed by atoms with Gasteiger partial charge in [0.05, 0.1) is 11.9 Å². The van der Waals surface area contributed by atoms with Crippen molar-refractivity contribution < 1.29 is 4.79 Å². The van der Waals surface area contributed by atoms with Crippen LogP contribution in [0.5, 0.6) is 0 Å². The Hall–Kier alpha value is -1.51. The maximum absolute atomic E-state index is 11.2. The van der Waals surface area contributed by atoms with Crippen LogP contribution in [0.2, 0.25) is 0 Å². The molecule has 1 aliphatic carbocycles. The number of aromatic nitrogens is 2. The van der Waals surface area contributed by atoms with Gasteiger partial charge in [-0.2, -0.15) is 0 Å². The summed E-state index contributed by atoms with van der Waals surface area (Å²) < 4.78 is 0. The number of hydrogen-bond donors (Lipinski definition) is 0. The van der Waals surface area contributed by atoms with Crippen LogP contribution in [-0.4, -0.2) is 15.8 Å². The lowest BCUT2D eigenvalue weighted by Crippen LogP contribution is -1.97. The van der Waals surface area contributed by atoms with E-state index in [1.807, 2.05) is 6.08 Å². The summed E-state index contributed by atoms with van der Waals surface area (Å²) in [5.74, 6) is 0.176. The summed E-state index contributed by atoms with van der Waals surface area (Å²) in [4.78, 5) is 19.2. The molecule has 1 heterocycles. The summed E-state index contributed by atoms with van der Waals surface area (Å²) in [5, 5.41) is 0. The fourth-order valence-corrected chi connectivity index (χ4v) is 1.28. The third-order valence-electron chi connectivity index (χ3n) is 1.86. The Morgan fingerprint density at radius 1 is 1.33 bits per heavy atom. The molecule has 0 fully saturated rings. The molecule has 1 aliphatic rings. The average Bonchev–Trinajstić information content (AvgIpc) is 2.53. The first-order valence-electron chi connectivity index (χ1n) is 3.87. The largest absolute Gasteiger partial charge is 0.294 e. The predicted octanol–water partition coefficient (Wildman–Crippen LogP) is 1.22. The van der Waals surface area contributed by atoms with Crippen molar-refractivity contribution in [3.05, 3.63) is 30.4 Å². The number of carbonyl (C=O) groups is 1. The molecule has 0 saturated heterocycles. The first-order chi connectivity index (χ1) is 5.88. The van der Waals surface area contributed by atoms with Gasteiger partial charge in [0, 0.05) is 24.4 Å². The second-order valence-electron chi connectivity index (χ2n) is 2.67. The van der Waals surface area contributed by atoms with E-state index in [9.17, 15) is 4.79 Å². The summed E-state index contributed by atoms with van der Waals surface area (Å²) in [6, 6.07) is 0. The Kier molecular flexibility index (Phi) is 1.70. The van der Waals surface area contributed by atoms with Crippen LogP contribution < -0.4 is 0 Å². The maximum atomic E-state index is 11.2. The van der Waals surface area contributed by atoms with Crippen LogP contribution in [0.25, 0.3) is 5.57 Å². The number of allylic oxidation sites excluding steroid dienone is 2. The minimum Gasteiger partial charge on any atom is -0.294 e. The van der Waals surface area contributed by atoms with Gasteiger partial charge >= 0.3 is 0 Å². The summed E-state index contributed by atoms with van der Waals surface area (Å²) in [6.07, 6.45) is 8.20. The van der Waals surface area contributed by atoms with E-state index >= 15 is 0 Å². The van der Waals surface area contributed by atoms with E-state index in [-0.39, 0.29) is 5.78 Å². The highest BCUT2D eigenvalue weighted by Crippen LogP contribution is 2.21. The van der Waals surface area contributed by atoms with Crippen molar-refractivity contribution in [3.63, 3.8) is 0 Å². The van der Waals surface area contributed by atoms with Gasteiger partial charge in [-0.1, -0.05) is 6.08 Å². The molecule has 0 N–H and O–H groups in total. The van der Waals surface area contributed by atoms with Gasteiger partial charge in [-0.25, -0.2) is 0 Å². The summed E-state index contributed by atoms with van der Waals surface area (Å²) in [7, 11) is 0. The quantitative estimate of drug-likeness (QED) is 0.620. The number of carbonyl (C=O) groups excluding carboxylic acids is 1. The fraction of sp³-hybridized carbons (Fsp3) is 0.222. The lowest BCUT2D eigenvalue weighted by Gasteiger charge is -1.96. The molecule has 0 unspecified atom stereocenters. The molecule has 12 heavy (non-hydrogen) atoms. The molecular formula is C9H8N2O. The van der Waals surface area contributed by atoms with E-state index in [1.165, 1.54) is 0 Å². The maximum Gasteiger partial charge on any atom is 0.165 e. The van der Waals surface area contributed by atoms with E-state index in [4.69, 9.17) is 0 Å². The lowest BCUT2D eigenvalue weighted by atomic mass is 10.1. The highest BCUT2D eigenvalue weighted by Gasteiger charge is 2.17. The first-order valence-corrected chi connectivity index (χ1v) is 3.87. The van der Waals surface area contributed by atoms with Crippen molar-refractivity contribution in [3.8, 4) is 0 Å². The van der Waals surface area contributed by atoms with Crippen molar-refractivity contribution in [1.82, 2.24) is 9.97 Å². The van der Waals surface area contributed by atoms with Gasteiger partial charge < -0.3 is 0 Å². The molecule has 0 atom stereocenters. The van der Waals surface area contributed by atoms with Crippen LogP contribution in [0.1, 0.15) is 18.5 Å². The molecule has 0 aliphatic heterocycles. The van der Waals surface area contributed by atoms with Gasteiger partial charge in [0.25, 0.3) is 0 Å². The van der Waals surface area contributed by atoms with Gasteiger partial charge in [0.1, 0.15) is 0 Å². The van der Waals surface area contributed by atoms with Crippen molar-refractivity contribution in [2.45, 2.75) is 12.8 Å². The van der Waals surface area contributed by atoms with Crippen LogP contribution in [0, 0.1) is 0 Å². The summed E-state index contributed by atoms with van der Waals surface area (Å²) >= 11 is 0. The van der Waals surface area contributed by atoms with Crippen molar-refractivity contribution in [2.75, 3.05) is 0 Å². The van der Waals surface area contributed by atoms with Crippen LogP contribution in [0.3, 0.4) is 0 Å². The number of ketones is 1. The molecule has 0 saturated carbocycles. The smallest absolute Gasteiger partial charge is 0.165 e. The molecule has 1 aromatic rings. The zero-order valence-electron chi connectivity index (χ0n) is 6.53. The third-order valence-corrected chi connectivity index (χ3v) is 1.86. The summed E-state index contributed by atoms with van der Waals surface area (Å²) in [6.45, 7) is 0. The first kappa shape index (κ1) is 7.16. The highest BCUT2D eigenvalue weighted by atomic mass is 16.1. The second kappa shape index (κ2) is 2.85. The van der Waals surface area contributed by atoms with Gasteiger partial charge in [0.15, 0.2) is 5.78 Å². The van der Waals surface area contributed by atoms with Crippen molar-refractivity contribution >= 4 is 11.4 Å². The van der Waals surface area contributed by atoms with Crippen LogP contribution in [0.4, 0.5) is 0 Å². The Morgan fingerprint density at radius 3 is 2.83 bits per heavy atom.